The normalized spacial score (nSPS) is 23.4. The van der Waals surface area contributed by atoms with Crippen LogP contribution in [-0.2, 0) is 14.3 Å². The number of amides is 1. The highest BCUT2D eigenvalue weighted by Gasteiger charge is 2.32. The van der Waals surface area contributed by atoms with Crippen molar-refractivity contribution < 1.29 is 19.4 Å². The van der Waals surface area contributed by atoms with Crippen LogP contribution >= 0.6 is 11.8 Å². The number of carbonyl (C=O) groups excluding carboxylic acids is 1. The molecule has 1 heterocycles. The SMILES string of the molecule is CCCCSCCC(=O)N1CC(C(=O)O)O[C@H](C)C1. The van der Waals surface area contributed by atoms with Crippen LogP contribution in [0.5, 0.6) is 0 Å². The Labute approximate surface area is 118 Å². The predicted octanol–water partition coefficient (Wildman–Crippen LogP) is 1.61. The second-order valence-electron chi connectivity index (χ2n) is 4.79. The van der Waals surface area contributed by atoms with E-state index in [4.69, 9.17) is 9.84 Å². The molecule has 2 atom stereocenters. The first kappa shape index (κ1) is 16.3. The molecule has 1 unspecified atom stereocenters. The molecule has 0 saturated carbocycles. The molecule has 5 nitrogen and oxygen atoms in total. The van der Waals surface area contributed by atoms with Crippen LogP contribution in [0.25, 0.3) is 0 Å². The number of rotatable bonds is 7. The Hall–Kier alpha value is -0.750. The number of hydrogen-bond acceptors (Lipinski definition) is 4. The summed E-state index contributed by atoms with van der Waals surface area (Å²) < 4.78 is 5.29. The van der Waals surface area contributed by atoms with Crippen molar-refractivity contribution in [2.45, 2.75) is 45.3 Å². The first-order valence-corrected chi connectivity index (χ1v) is 7.93. The minimum absolute atomic E-state index is 0.0328. The molecule has 0 aromatic carbocycles. The quantitative estimate of drug-likeness (QED) is 0.721. The van der Waals surface area contributed by atoms with Gasteiger partial charge in [-0.1, -0.05) is 13.3 Å². The fraction of sp³-hybridized carbons (Fsp3) is 0.846. The molecule has 1 saturated heterocycles. The Morgan fingerprint density at radius 1 is 1.37 bits per heavy atom. The van der Waals surface area contributed by atoms with Gasteiger partial charge in [0, 0.05) is 18.7 Å². The van der Waals surface area contributed by atoms with Crippen molar-refractivity contribution in [2.24, 2.45) is 0 Å². The molecule has 110 valence electrons. The van der Waals surface area contributed by atoms with E-state index in [0.717, 1.165) is 11.5 Å². The molecule has 1 rings (SSSR count). The zero-order chi connectivity index (χ0) is 14.3. The monoisotopic (exact) mass is 289 g/mol. The standard InChI is InChI=1S/C13H23NO4S/c1-3-4-6-19-7-5-12(15)14-8-10(2)18-11(9-14)13(16)17/h10-11H,3-9H2,1-2H3,(H,16,17)/t10-,11?/m1/s1. The average Bonchev–Trinajstić information content (AvgIpc) is 2.37. The van der Waals surface area contributed by atoms with Gasteiger partial charge < -0.3 is 14.7 Å². The van der Waals surface area contributed by atoms with Gasteiger partial charge in [0.2, 0.25) is 5.91 Å². The molecular formula is C13H23NO4S. The average molecular weight is 289 g/mol. The third kappa shape index (κ3) is 5.82. The molecule has 0 aliphatic carbocycles. The zero-order valence-corrected chi connectivity index (χ0v) is 12.4. The molecule has 0 aromatic heterocycles. The molecule has 0 spiro atoms. The number of nitrogens with zero attached hydrogens (tertiary/aromatic N) is 1. The van der Waals surface area contributed by atoms with Crippen molar-refractivity contribution in [1.82, 2.24) is 4.90 Å². The smallest absolute Gasteiger partial charge is 0.334 e. The van der Waals surface area contributed by atoms with Crippen LogP contribution in [0.1, 0.15) is 33.1 Å². The van der Waals surface area contributed by atoms with Crippen molar-refractivity contribution in [3.63, 3.8) is 0 Å². The van der Waals surface area contributed by atoms with Gasteiger partial charge in [0.1, 0.15) is 0 Å². The minimum Gasteiger partial charge on any atom is -0.479 e. The Balaban J connectivity index is 2.32. The van der Waals surface area contributed by atoms with E-state index >= 15 is 0 Å². The lowest BCUT2D eigenvalue weighted by Gasteiger charge is -2.35. The highest BCUT2D eigenvalue weighted by atomic mass is 32.2. The van der Waals surface area contributed by atoms with E-state index in [1.165, 1.54) is 12.8 Å². The largest absolute Gasteiger partial charge is 0.479 e. The number of morpholine rings is 1. The summed E-state index contributed by atoms with van der Waals surface area (Å²) in [5, 5.41) is 8.96. The topological polar surface area (TPSA) is 66.8 Å². The number of aliphatic carboxylic acids is 1. The lowest BCUT2D eigenvalue weighted by atomic mass is 10.2. The maximum absolute atomic E-state index is 12.0. The van der Waals surface area contributed by atoms with Crippen molar-refractivity contribution in [3.8, 4) is 0 Å². The van der Waals surface area contributed by atoms with E-state index < -0.39 is 12.1 Å². The Bertz CT molecular complexity index is 311. The lowest BCUT2D eigenvalue weighted by molar-refractivity contribution is -0.166. The molecular weight excluding hydrogens is 266 g/mol. The van der Waals surface area contributed by atoms with Crippen molar-refractivity contribution >= 4 is 23.6 Å². The minimum atomic E-state index is -0.998. The van der Waals surface area contributed by atoms with Crippen LogP contribution in [0.3, 0.4) is 0 Å². The number of ether oxygens (including phenoxy) is 1. The maximum atomic E-state index is 12.0. The summed E-state index contributed by atoms with van der Waals surface area (Å²) in [7, 11) is 0. The van der Waals surface area contributed by atoms with Gasteiger partial charge in [0.15, 0.2) is 6.10 Å². The van der Waals surface area contributed by atoms with Gasteiger partial charge in [-0.3, -0.25) is 4.79 Å². The highest BCUT2D eigenvalue weighted by molar-refractivity contribution is 7.99. The predicted molar refractivity (Wildman–Crippen MR) is 75.4 cm³/mol. The van der Waals surface area contributed by atoms with E-state index in [2.05, 4.69) is 6.92 Å². The fourth-order valence-electron chi connectivity index (χ4n) is 1.96. The summed E-state index contributed by atoms with van der Waals surface area (Å²) in [5.74, 6) is 0.927. The van der Waals surface area contributed by atoms with E-state index in [1.54, 1.807) is 23.6 Å². The van der Waals surface area contributed by atoms with Crippen LogP contribution in [0, 0.1) is 0 Å². The van der Waals surface area contributed by atoms with Crippen LogP contribution in [-0.4, -0.2) is 58.7 Å². The van der Waals surface area contributed by atoms with Gasteiger partial charge in [-0.05, 0) is 19.1 Å². The molecule has 1 N–H and O–H groups in total. The third-order valence-corrected chi connectivity index (χ3v) is 4.06. The van der Waals surface area contributed by atoms with E-state index in [1.807, 2.05) is 0 Å². The molecule has 1 aliphatic rings. The molecule has 19 heavy (non-hydrogen) atoms. The summed E-state index contributed by atoms with van der Waals surface area (Å²) in [4.78, 5) is 24.6. The number of carboxylic acids is 1. The lowest BCUT2D eigenvalue weighted by Crippen LogP contribution is -2.51. The van der Waals surface area contributed by atoms with Gasteiger partial charge in [-0.15, -0.1) is 0 Å². The van der Waals surface area contributed by atoms with Crippen molar-refractivity contribution in [2.75, 3.05) is 24.6 Å². The van der Waals surface area contributed by atoms with E-state index in [0.29, 0.717) is 13.0 Å². The number of carbonyl (C=O) groups is 2. The number of carboxylic acid groups (broad SMARTS) is 1. The van der Waals surface area contributed by atoms with Crippen LogP contribution in [0.2, 0.25) is 0 Å². The number of unbranched alkanes of at least 4 members (excludes halogenated alkanes) is 1. The molecule has 1 fully saturated rings. The first-order chi connectivity index (χ1) is 9.04. The summed E-state index contributed by atoms with van der Waals surface area (Å²) >= 11 is 1.78. The molecule has 0 radical (unpaired) electrons. The number of thioether (sulfide) groups is 1. The van der Waals surface area contributed by atoms with Crippen LogP contribution < -0.4 is 0 Å². The third-order valence-electron chi connectivity index (χ3n) is 2.99. The van der Waals surface area contributed by atoms with Gasteiger partial charge in [0.05, 0.1) is 12.6 Å². The molecule has 0 aromatic rings. The molecule has 1 amide bonds. The maximum Gasteiger partial charge on any atom is 0.334 e. The summed E-state index contributed by atoms with van der Waals surface area (Å²) in [5.41, 5.74) is 0. The highest BCUT2D eigenvalue weighted by Crippen LogP contribution is 2.14. The van der Waals surface area contributed by atoms with Gasteiger partial charge in [-0.2, -0.15) is 11.8 Å². The summed E-state index contributed by atoms with van der Waals surface area (Å²) in [6.07, 6.45) is 1.72. The fourth-order valence-corrected chi connectivity index (χ4v) is 2.97. The Morgan fingerprint density at radius 3 is 2.74 bits per heavy atom. The molecule has 1 aliphatic heterocycles. The molecule has 0 bridgehead atoms. The second-order valence-corrected chi connectivity index (χ2v) is 6.01. The van der Waals surface area contributed by atoms with E-state index in [9.17, 15) is 9.59 Å². The van der Waals surface area contributed by atoms with Crippen LogP contribution in [0.4, 0.5) is 0 Å². The Morgan fingerprint density at radius 2 is 2.11 bits per heavy atom. The van der Waals surface area contributed by atoms with Crippen LogP contribution in [0.15, 0.2) is 0 Å². The number of hydrogen-bond donors (Lipinski definition) is 1. The van der Waals surface area contributed by atoms with Crippen molar-refractivity contribution in [3.05, 3.63) is 0 Å². The van der Waals surface area contributed by atoms with Gasteiger partial charge >= 0.3 is 5.97 Å². The first-order valence-electron chi connectivity index (χ1n) is 6.78. The zero-order valence-electron chi connectivity index (χ0n) is 11.6. The summed E-state index contributed by atoms with van der Waals surface area (Å²) in [6.45, 7) is 4.60. The van der Waals surface area contributed by atoms with E-state index in [-0.39, 0.29) is 18.6 Å². The van der Waals surface area contributed by atoms with Gasteiger partial charge in [0.25, 0.3) is 0 Å². The second kappa shape index (κ2) is 8.43. The molecule has 6 heteroatoms. The van der Waals surface area contributed by atoms with Gasteiger partial charge in [-0.25, -0.2) is 4.79 Å². The Kier molecular flexibility index (Phi) is 7.23. The summed E-state index contributed by atoms with van der Waals surface area (Å²) in [6, 6.07) is 0. The van der Waals surface area contributed by atoms with Crippen molar-refractivity contribution in [1.29, 1.82) is 0 Å².